The van der Waals surface area contributed by atoms with Crippen LogP contribution < -0.4 is 10.6 Å². The number of aromatic nitrogens is 2. The third kappa shape index (κ3) is 3.50. The third-order valence-corrected chi connectivity index (χ3v) is 4.69. The minimum atomic E-state index is -0.203. The topological polar surface area (TPSA) is 59.0 Å². The number of urea groups is 1. The summed E-state index contributed by atoms with van der Waals surface area (Å²) in [4.78, 5) is 13.1. The monoisotopic (exact) mass is 318 g/mol. The standard InChI is InChI=1S/C14H14N4OS2/c19-14(17-13-5-2-9-21-13)15-10-11(12-4-1-8-20-12)18-7-3-6-16-18/h1-9,11H,10H2,(H2,15,17,19)/t11-/m0/s1. The number of hydrogen-bond donors (Lipinski definition) is 2. The van der Waals surface area contributed by atoms with Crippen LogP contribution in [0.25, 0.3) is 0 Å². The highest BCUT2D eigenvalue weighted by atomic mass is 32.1. The zero-order valence-corrected chi connectivity index (χ0v) is 12.7. The summed E-state index contributed by atoms with van der Waals surface area (Å²) in [5.41, 5.74) is 0. The van der Waals surface area contributed by atoms with Crippen LogP contribution in [0.1, 0.15) is 10.9 Å². The Morgan fingerprint density at radius 3 is 2.76 bits per heavy atom. The van der Waals surface area contributed by atoms with Crippen molar-refractivity contribution in [1.82, 2.24) is 15.1 Å². The van der Waals surface area contributed by atoms with Crippen molar-refractivity contribution in [3.63, 3.8) is 0 Å². The largest absolute Gasteiger partial charge is 0.335 e. The lowest BCUT2D eigenvalue weighted by Crippen LogP contribution is -2.34. The average Bonchev–Trinajstić information content (AvgIpc) is 3.23. The lowest BCUT2D eigenvalue weighted by molar-refractivity contribution is 0.251. The number of hydrogen-bond acceptors (Lipinski definition) is 4. The second-order valence-electron chi connectivity index (χ2n) is 4.33. The van der Waals surface area contributed by atoms with Gasteiger partial charge in [0.2, 0.25) is 0 Å². The maximum absolute atomic E-state index is 11.9. The molecule has 0 aliphatic carbocycles. The van der Waals surface area contributed by atoms with Gasteiger partial charge in [-0.3, -0.25) is 10.00 Å². The minimum absolute atomic E-state index is 0.00841. The van der Waals surface area contributed by atoms with Crippen LogP contribution in [0.5, 0.6) is 0 Å². The number of amides is 2. The zero-order valence-electron chi connectivity index (χ0n) is 11.1. The molecular weight excluding hydrogens is 304 g/mol. The Hall–Kier alpha value is -2.12. The van der Waals surface area contributed by atoms with Crippen molar-refractivity contribution < 1.29 is 4.79 Å². The maximum Gasteiger partial charge on any atom is 0.319 e. The van der Waals surface area contributed by atoms with E-state index in [1.54, 1.807) is 17.5 Å². The van der Waals surface area contributed by atoms with Crippen LogP contribution in [0.3, 0.4) is 0 Å². The molecule has 0 aromatic carbocycles. The number of carbonyl (C=O) groups is 1. The Balaban J connectivity index is 1.64. The smallest absolute Gasteiger partial charge is 0.319 e. The summed E-state index contributed by atoms with van der Waals surface area (Å²) in [6.45, 7) is 0.486. The van der Waals surface area contributed by atoms with Crippen molar-refractivity contribution >= 4 is 33.7 Å². The summed E-state index contributed by atoms with van der Waals surface area (Å²) < 4.78 is 1.86. The Morgan fingerprint density at radius 2 is 2.10 bits per heavy atom. The minimum Gasteiger partial charge on any atom is -0.335 e. The van der Waals surface area contributed by atoms with Gasteiger partial charge in [0.15, 0.2) is 0 Å². The van der Waals surface area contributed by atoms with E-state index in [9.17, 15) is 4.79 Å². The van der Waals surface area contributed by atoms with Crippen molar-refractivity contribution in [3.8, 4) is 0 Å². The predicted molar refractivity (Wildman–Crippen MR) is 86.0 cm³/mol. The molecule has 0 bridgehead atoms. The van der Waals surface area contributed by atoms with Gasteiger partial charge >= 0.3 is 6.03 Å². The van der Waals surface area contributed by atoms with E-state index in [1.165, 1.54) is 11.3 Å². The lowest BCUT2D eigenvalue weighted by atomic mass is 10.2. The molecule has 1 atom stereocenters. The van der Waals surface area contributed by atoms with Crippen LogP contribution in [-0.2, 0) is 0 Å². The van der Waals surface area contributed by atoms with Gasteiger partial charge in [-0.1, -0.05) is 6.07 Å². The molecule has 0 fully saturated rings. The molecule has 0 unspecified atom stereocenters. The molecule has 7 heteroatoms. The van der Waals surface area contributed by atoms with Crippen molar-refractivity contribution in [2.45, 2.75) is 6.04 Å². The second kappa shape index (κ2) is 6.55. The van der Waals surface area contributed by atoms with Crippen LogP contribution in [0, 0.1) is 0 Å². The Kier molecular flexibility index (Phi) is 4.32. The summed E-state index contributed by atoms with van der Waals surface area (Å²) in [5.74, 6) is 0. The SMILES string of the molecule is O=C(NC[C@@H](c1cccs1)n1cccn1)Nc1cccs1. The molecule has 5 nitrogen and oxygen atoms in total. The van der Waals surface area contributed by atoms with E-state index in [0.29, 0.717) is 6.54 Å². The maximum atomic E-state index is 11.9. The van der Waals surface area contributed by atoms with Crippen molar-refractivity contribution in [1.29, 1.82) is 0 Å². The average molecular weight is 318 g/mol. The predicted octanol–water partition coefficient (Wildman–Crippen LogP) is 3.42. The number of carbonyl (C=O) groups excluding carboxylic acids is 1. The first kappa shape index (κ1) is 13.8. The molecule has 0 saturated heterocycles. The fraction of sp³-hybridized carbons (Fsp3) is 0.143. The van der Waals surface area contributed by atoms with Crippen molar-refractivity contribution in [3.05, 3.63) is 58.4 Å². The van der Waals surface area contributed by atoms with Gasteiger partial charge in [0.25, 0.3) is 0 Å². The van der Waals surface area contributed by atoms with Gasteiger partial charge in [0.1, 0.15) is 6.04 Å². The van der Waals surface area contributed by atoms with Gasteiger partial charge in [-0.15, -0.1) is 22.7 Å². The molecule has 3 rings (SSSR count). The first-order valence-corrected chi connectivity index (χ1v) is 8.20. The first-order valence-electron chi connectivity index (χ1n) is 6.44. The van der Waals surface area contributed by atoms with Gasteiger partial charge in [0.05, 0.1) is 5.00 Å². The van der Waals surface area contributed by atoms with Crippen LogP contribution in [0.4, 0.5) is 9.80 Å². The van der Waals surface area contributed by atoms with E-state index >= 15 is 0 Å². The number of thiophene rings is 2. The lowest BCUT2D eigenvalue weighted by Gasteiger charge is -2.17. The fourth-order valence-electron chi connectivity index (χ4n) is 1.97. The summed E-state index contributed by atoms with van der Waals surface area (Å²) in [5, 5.41) is 14.8. The van der Waals surface area contributed by atoms with Crippen LogP contribution in [0.15, 0.2) is 53.5 Å². The summed E-state index contributed by atoms with van der Waals surface area (Å²) in [6, 6.07) is 9.51. The molecule has 108 valence electrons. The van der Waals surface area contributed by atoms with E-state index in [1.807, 2.05) is 45.9 Å². The molecule has 3 aromatic rings. The van der Waals surface area contributed by atoms with Gasteiger partial charge < -0.3 is 5.32 Å². The zero-order chi connectivity index (χ0) is 14.5. The van der Waals surface area contributed by atoms with Crippen molar-refractivity contribution in [2.24, 2.45) is 0 Å². The van der Waals surface area contributed by atoms with Crippen LogP contribution in [-0.4, -0.2) is 22.4 Å². The Bertz CT molecular complexity index is 628. The Labute approximate surface area is 130 Å². The second-order valence-corrected chi connectivity index (χ2v) is 6.26. The van der Waals surface area contributed by atoms with Crippen LogP contribution in [0.2, 0.25) is 0 Å². The number of rotatable bonds is 5. The summed E-state index contributed by atoms with van der Waals surface area (Å²) >= 11 is 3.15. The first-order chi connectivity index (χ1) is 10.3. The third-order valence-electron chi connectivity index (χ3n) is 2.93. The number of anilines is 1. The van der Waals surface area contributed by atoms with E-state index in [4.69, 9.17) is 0 Å². The van der Waals surface area contributed by atoms with Gasteiger partial charge in [-0.2, -0.15) is 5.10 Å². The molecule has 0 aliphatic rings. The van der Waals surface area contributed by atoms with Gasteiger partial charge in [-0.25, -0.2) is 4.79 Å². The molecule has 21 heavy (non-hydrogen) atoms. The normalized spacial score (nSPS) is 12.0. The Morgan fingerprint density at radius 1 is 1.24 bits per heavy atom. The summed E-state index contributed by atoms with van der Waals surface area (Å²) in [7, 11) is 0. The van der Waals surface area contributed by atoms with Gasteiger partial charge in [-0.05, 0) is 35.0 Å². The molecule has 3 heterocycles. The highest BCUT2D eigenvalue weighted by molar-refractivity contribution is 7.14. The molecular formula is C14H14N4OS2. The van der Waals surface area contributed by atoms with Gasteiger partial charge in [0, 0.05) is 23.8 Å². The highest BCUT2D eigenvalue weighted by Gasteiger charge is 2.16. The van der Waals surface area contributed by atoms with E-state index in [0.717, 1.165) is 9.88 Å². The quantitative estimate of drug-likeness (QED) is 0.757. The molecule has 2 N–H and O–H groups in total. The number of nitrogens with zero attached hydrogens (tertiary/aromatic N) is 2. The van der Waals surface area contributed by atoms with E-state index in [2.05, 4.69) is 21.8 Å². The molecule has 0 aliphatic heterocycles. The summed E-state index contributed by atoms with van der Waals surface area (Å²) in [6.07, 6.45) is 3.65. The highest BCUT2D eigenvalue weighted by Crippen LogP contribution is 2.22. The molecule has 2 amide bonds. The molecule has 3 aromatic heterocycles. The van der Waals surface area contributed by atoms with E-state index < -0.39 is 0 Å². The molecule has 0 spiro atoms. The molecule has 0 saturated carbocycles. The van der Waals surface area contributed by atoms with Crippen LogP contribution >= 0.6 is 22.7 Å². The number of nitrogens with one attached hydrogen (secondary N) is 2. The van der Waals surface area contributed by atoms with Crippen molar-refractivity contribution in [2.75, 3.05) is 11.9 Å². The fourth-order valence-corrected chi connectivity index (χ4v) is 3.40. The van der Waals surface area contributed by atoms with E-state index in [-0.39, 0.29) is 12.1 Å². The molecule has 0 radical (unpaired) electrons.